The van der Waals surface area contributed by atoms with Crippen LogP contribution >= 0.6 is 11.3 Å². The van der Waals surface area contributed by atoms with Crippen molar-refractivity contribution in [1.29, 1.82) is 5.26 Å². The van der Waals surface area contributed by atoms with E-state index in [9.17, 15) is 14.9 Å². The fourth-order valence-electron chi connectivity index (χ4n) is 2.75. The fraction of sp³-hybridized carbons (Fsp3) is 0.500. The van der Waals surface area contributed by atoms with E-state index in [-0.39, 0.29) is 18.2 Å². The van der Waals surface area contributed by atoms with Crippen LogP contribution in [0.15, 0.2) is 0 Å². The Bertz CT molecular complexity index is 654. The third kappa shape index (κ3) is 1.78. The summed E-state index contributed by atoms with van der Waals surface area (Å²) in [6.45, 7) is 5.07. The molecule has 2 aliphatic heterocycles. The van der Waals surface area contributed by atoms with Gasteiger partial charge in [0.2, 0.25) is 11.8 Å². The van der Waals surface area contributed by atoms with E-state index in [2.05, 4.69) is 11.4 Å². The second-order valence-corrected chi connectivity index (χ2v) is 6.90. The van der Waals surface area contributed by atoms with Crippen LogP contribution in [0.2, 0.25) is 0 Å². The predicted octanol–water partition coefficient (Wildman–Crippen LogP) is 1.55. The van der Waals surface area contributed by atoms with Gasteiger partial charge >= 0.3 is 0 Å². The number of anilines is 1. The maximum atomic E-state index is 12.4. The lowest BCUT2D eigenvalue weighted by Gasteiger charge is -2.16. The second kappa shape index (κ2) is 4.40. The first kappa shape index (κ1) is 13.3. The molecule has 0 radical (unpaired) electrons. The van der Waals surface area contributed by atoms with Crippen molar-refractivity contribution in [2.24, 2.45) is 5.41 Å². The summed E-state index contributed by atoms with van der Waals surface area (Å²) in [6.07, 6.45) is 0.978. The van der Waals surface area contributed by atoms with Gasteiger partial charge in [0.05, 0.1) is 11.0 Å². The van der Waals surface area contributed by atoms with Crippen molar-refractivity contribution in [3.63, 3.8) is 0 Å². The van der Waals surface area contributed by atoms with Crippen LogP contribution in [0.3, 0.4) is 0 Å². The lowest BCUT2D eigenvalue weighted by Crippen LogP contribution is -2.32. The fourth-order valence-corrected chi connectivity index (χ4v) is 4.03. The van der Waals surface area contributed by atoms with Crippen molar-refractivity contribution in [2.45, 2.75) is 33.2 Å². The minimum atomic E-state index is -0.674. The second-order valence-electron chi connectivity index (χ2n) is 5.82. The van der Waals surface area contributed by atoms with Gasteiger partial charge in [0.1, 0.15) is 11.1 Å². The molecule has 20 heavy (non-hydrogen) atoms. The Kier molecular flexibility index (Phi) is 2.92. The summed E-state index contributed by atoms with van der Waals surface area (Å²) in [6, 6.07) is 2.19. The van der Waals surface area contributed by atoms with Gasteiger partial charge in [-0.1, -0.05) is 13.8 Å². The Morgan fingerprint density at radius 2 is 2.15 bits per heavy atom. The van der Waals surface area contributed by atoms with Crippen LogP contribution < -0.4 is 10.2 Å². The van der Waals surface area contributed by atoms with E-state index in [1.807, 2.05) is 0 Å². The molecule has 0 saturated carbocycles. The molecular formula is C14H15N3O2S. The quantitative estimate of drug-likeness (QED) is 0.796. The minimum Gasteiger partial charge on any atom is -0.312 e. The minimum absolute atomic E-state index is 0.203. The molecule has 1 aromatic rings. The summed E-state index contributed by atoms with van der Waals surface area (Å²) in [4.78, 5) is 26.9. The molecule has 0 spiro atoms. The molecule has 0 aromatic carbocycles. The van der Waals surface area contributed by atoms with Crippen molar-refractivity contribution in [3.8, 4) is 6.07 Å². The van der Waals surface area contributed by atoms with Crippen LogP contribution in [0.1, 0.15) is 36.3 Å². The Morgan fingerprint density at radius 1 is 1.40 bits per heavy atom. The molecule has 1 fully saturated rings. The smallest absolute Gasteiger partial charge is 0.240 e. The van der Waals surface area contributed by atoms with Crippen LogP contribution in [0.4, 0.5) is 5.00 Å². The molecule has 3 heterocycles. The van der Waals surface area contributed by atoms with Gasteiger partial charge in [-0.3, -0.25) is 9.59 Å². The standard InChI is InChI=1S/C14H15N3O2S/c1-14(2)5-11(18)17(13(14)19)12-9(6-15)8-3-4-16-7-10(8)20-12/h16H,3-5,7H2,1-2H3. The van der Waals surface area contributed by atoms with Crippen LogP contribution in [0.5, 0.6) is 0 Å². The van der Waals surface area contributed by atoms with E-state index >= 15 is 0 Å². The largest absolute Gasteiger partial charge is 0.312 e. The van der Waals surface area contributed by atoms with Crippen LogP contribution in [0.25, 0.3) is 0 Å². The molecule has 2 aliphatic rings. The molecule has 3 rings (SSSR count). The molecule has 0 atom stereocenters. The summed E-state index contributed by atoms with van der Waals surface area (Å²) in [5.41, 5.74) is 0.828. The maximum Gasteiger partial charge on any atom is 0.240 e. The van der Waals surface area contributed by atoms with Crippen molar-refractivity contribution in [2.75, 3.05) is 11.4 Å². The van der Waals surface area contributed by atoms with Crippen molar-refractivity contribution in [3.05, 3.63) is 16.0 Å². The number of carbonyl (C=O) groups is 2. The number of hydrogen-bond acceptors (Lipinski definition) is 5. The summed E-state index contributed by atoms with van der Waals surface area (Å²) < 4.78 is 0. The lowest BCUT2D eigenvalue weighted by atomic mass is 9.92. The van der Waals surface area contributed by atoms with Crippen LogP contribution in [0, 0.1) is 16.7 Å². The zero-order valence-electron chi connectivity index (χ0n) is 11.4. The number of amides is 2. The Balaban J connectivity index is 2.12. The normalized spacial score (nSPS) is 20.9. The third-order valence-corrected chi connectivity index (χ3v) is 5.07. The highest BCUT2D eigenvalue weighted by Gasteiger charge is 2.47. The maximum absolute atomic E-state index is 12.4. The number of carbonyl (C=O) groups excluding carboxylic acids is 2. The van der Waals surface area contributed by atoms with Gasteiger partial charge in [0.15, 0.2) is 0 Å². The number of fused-ring (bicyclic) bond motifs is 1. The highest BCUT2D eigenvalue weighted by molar-refractivity contribution is 7.17. The topological polar surface area (TPSA) is 73.2 Å². The predicted molar refractivity (Wildman–Crippen MR) is 75.3 cm³/mol. The van der Waals surface area contributed by atoms with Gasteiger partial charge in [0, 0.05) is 17.8 Å². The van der Waals surface area contributed by atoms with Crippen molar-refractivity contribution < 1.29 is 9.59 Å². The number of hydrogen-bond donors (Lipinski definition) is 1. The Morgan fingerprint density at radius 3 is 2.75 bits per heavy atom. The molecule has 5 nitrogen and oxygen atoms in total. The van der Waals surface area contributed by atoms with Crippen molar-refractivity contribution in [1.82, 2.24) is 5.32 Å². The molecule has 1 aromatic heterocycles. The van der Waals surface area contributed by atoms with E-state index in [4.69, 9.17) is 0 Å². The third-order valence-electron chi connectivity index (χ3n) is 3.85. The molecular weight excluding hydrogens is 274 g/mol. The van der Waals surface area contributed by atoms with Gasteiger partial charge in [-0.15, -0.1) is 11.3 Å². The molecule has 1 saturated heterocycles. The van der Waals surface area contributed by atoms with Crippen molar-refractivity contribution >= 4 is 28.2 Å². The first-order valence-electron chi connectivity index (χ1n) is 6.58. The average molecular weight is 289 g/mol. The summed E-state index contributed by atoms with van der Waals surface area (Å²) in [5, 5.41) is 13.2. The molecule has 104 valence electrons. The Hall–Kier alpha value is -1.71. The number of rotatable bonds is 1. The number of nitrogens with one attached hydrogen (secondary N) is 1. The van der Waals surface area contributed by atoms with Gasteiger partial charge in [-0.2, -0.15) is 5.26 Å². The molecule has 0 unspecified atom stereocenters. The highest BCUT2D eigenvalue weighted by Crippen LogP contribution is 2.43. The van der Waals surface area contributed by atoms with Gasteiger partial charge in [-0.05, 0) is 18.5 Å². The first-order valence-corrected chi connectivity index (χ1v) is 7.40. The van der Waals surface area contributed by atoms with Crippen LogP contribution in [-0.2, 0) is 22.6 Å². The van der Waals surface area contributed by atoms with E-state index in [0.717, 1.165) is 23.4 Å². The number of nitriles is 1. The Labute approximate surface area is 121 Å². The van der Waals surface area contributed by atoms with Crippen LogP contribution in [-0.4, -0.2) is 18.4 Å². The summed E-state index contributed by atoms with van der Waals surface area (Å²) in [5.74, 6) is -0.409. The van der Waals surface area contributed by atoms with E-state index in [0.29, 0.717) is 17.1 Å². The highest BCUT2D eigenvalue weighted by atomic mass is 32.1. The van der Waals surface area contributed by atoms with E-state index < -0.39 is 5.41 Å². The van der Waals surface area contributed by atoms with E-state index in [1.54, 1.807) is 13.8 Å². The summed E-state index contributed by atoms with van der Waals surface area (Å²) in [7, 11) is 0. The number of thiophene rings is 1. The van der Waals surface area contributed by atoms with Gasteiger partial charge in [-0.25, -0.2) is 4.90 Å². The first-order chi connectivity index (χ1) is 9.45. The lowest BCUT2D eigenvalue weighted by molar-refractivity contribution is -0.124. The number of imide groups is 1. The zero-order chi connectivity index (χ0) is 14.5. The molecule has 2 amide bonds. The summed E-state index contributed by atoms with van der Waals surface area (Å²) >= 11 is 1.39. The molecule has 0 bridgehead atoms. The average Bonchev–Trinajstić information content (AvgIpc) is 2.84. The van der Waals surface area contributed by atoms with E-state index in [1.165, 1.54) is 16.2 Å². The van der Waals surface area contributed by atoms with Gasteiger partial charge in [0.25, 0.3) is 0 Å². The monoisotopic (exact) mass is 289 g/mol. The molecule has 1 N–H and O–H groups in total. The SMILES string of the molecule is CC1(C)CC(=O)N(c2sc3c(c2C#N)CCNC3)C1=O. The number of nitrogens with zero attached hydrogens (tertiary/aromatic N) is 2. The van der Waals surface area contributed by atoms with Gasteiger partial charge < -0.3 is 5.32 Å². The molecule has 6 heteroatoms. The zero-order valence-corrected chi connectivity index (χ0v) is 12.3. The molecule has 0 aliphatic carbocycles.